The first-order valence-electron chi connectivity index (χ1n) is 7.64. The number of hydrogen-bond donors (Lipinski definition) is 2. The average Bonchev–Trinajstić information content (AvgIpc) is 3.31. The second kappa shape index (κ2) is 7.06. The molecule has 2 aromatic rings. The number of methoxy groups -OCH3 is 1. The fraction of sp³-hybridized carbons (Fsp3) is 0.438. The predicted molar refractivity (Wildman–Crippen MR) is 90.5 cm³/mol. The summed E-state index contributed by atoms with van der Waals surface area (Å²) in [5.74, 6) is 1.03. The smallest absolute Gasteiger partial charge is 0.227 e. The lowest BCUT2D eigenvalue weighted by Gasteiger charge is -2.13. The van der Waals surface area contributed by atoms with E-state index in [9.17, 15) is 4.79 Å². The summed E-state index contributed by atoms with van der Waals surface area (Å²) in [7, 11) is 1.63. The second-order valence-electron chi connectivity index (χ2n) is 5.70. The van der Waals surface area contributed by atoms with Crippen molar-refractivity contribution < 1.29 is 9.53 Å². The van der Waals surface area contributed by atoms with Crippen LogP contribution in [0.1, 0.15) is 37.2 Å². The Kier molecular flexibility index (Phi) is 4.88. The topological polar surface area (TPSA) is 76.1 Å². The van der Waals surface area contributed by atoms with E-state index in [0.717, 1.165) is 29.2 Å². The Balaban J connectivity index is 1.57. The van der Waals surface area contributed by atoms with Gasteiger partial charge in [0.25, 0.3) is 0 Å². The molecule has 1 amide bonds. The van der Waals surface area contributed by atoms with Gasteiger partial charge < -0.3 is 15.4 Å². The van der Waals surface area contributed by atoms with Crippen molar-refractivity contribution in [2.75, 3.05) is 17.7 Å². The first-order valence-corrected chi connectivity index (χ1v) is 8.42. The highest BCUT2D eigenvalue weighted by atomic mass is 32.1. The number of ether oxygens (including phenoxy) is 1. The molecular formula is C16H20N4O2S. The number of hydrogen-bond acceptors (Lipinski definition) is 6. The summed E-state index contributed by atoms with van der Waals surface area (Å²) in [5, 5.41) is 7.04. The molecule has 2 N–H and O–H groups in total. The third-order valence-electron chi connectivity index (χ3n) is 3.71. The van der Waals surface area contributed by atoms with Crippen molar-refractivity contribution in [1.82, 2.24) is 9.36 Å². The third-order valence-corrected chi connectivity index (χ3v) is 4.39. The van der Waals surface area contributed by atoms with E-state index in [1.807, 2.05) is 24.3 Å². The van der Waals surface area contributed by atoms with Crippen LogP contribution in [0.3, 0.4) is 0 Å². The van der Waals surface area contributed by atoms with Crippen LogP contribution in [0.5, 0.6) is 0 Å². The van der Waals surface area contributed by atoms with Crippen LogP contribution in [0.2, 0.25) is 0 Å². The fourth-order valence-corrected chi connectivity index (χ4v) is 2.87. The van der Waals surface area contributed by atoms with Gasteiger partial charge in [-0.3, -0.25) is 4.79 Å². The Bertz CT molecular complexity index is 667. The molecule has 1 aromatic carbocycles. The Hall–Kier alpha value is -1.99. The largest absolute Gasteiger partial charge is 0.377 e. The molecule has 1 aliphatic rings. The van der Waals surface area contributed by atoms with Gasteiger partial charge in [-0.1, -0.05) is 12.1 Å². The van der Waals surface area contributed by atoms with Crippen molar-refractivity contribution in [1.29, 1.82) is 0 Å². The molecule has 6 nitrogen and oxygen atoms in total. The molecule has 0 saturated heterocycles. The summed E-state index contributed by atoms with van der Waals surface area (Å²) < 4.78 is 9.23. The zero-order valence-electron chi connectivity index (χ0n) is 13.2. The number of carbonyl (C=O) groups excluding carboxylic acids is 1. The van der Waals surface area contributed by atoms with Gasteiger partial charge >= 0.3 is 0 Å². The summed E-state index contributed by atoms with van der Waals surface area (Å²) >= 11 is 1.32. The van der Waals surface area contributed by atoms with Crippen molar-refractivity contribution in [3.8, 4) is 0 Å². The summed E-state index contributed by atoms with van der Waals surface area (Å²) in [5.41, 5.74) is 1.97. The quantitative estimate of drug-likeness (QED) is 0.814. The van der Waals surface area contributed by atoms with Gasteiger partial charge in [0.2, 0.25) is 11.0 Å². The minimum Gasteiger partial charge on any atom is -0.377 e. The van der Waals surface area contributed by atoms with E-state index in [1.165, 1.54) is 11.5 Å². The van der Waals surface area contributed by atoms with Gasteiger partial charge in [-0.05, 0) is 37.5 Å². The van der Waals surface area contributed by atoms with Crippen LogP contribution in [-0.2, 0) is 16.1 Å². The summed E-state index contributed by atoms with van der Waals surface area (Å²) in [6.07, 6.45) is 2.02. The van der Waals surface area contributed by atoms with Gasteiger partial charge in [0.1, 0.15) is 6.61 Å². The third kappa shape index (κ3) is 4.27. The molecule has 23 heavy (non-hydrogen) atoms. The molecule has 1 heterocycles. The molecule has 0 bridgehead atoms. The molecule has 1 atom stereocenters. The maximum atomic E-state index is 11.7. The lowest BCUT2D eigenvalue weighted by molar-refractivity contribution is -0.117. The van der Waals surface area contributed by atoms with E-state index >= 15 is 0 Å². The Labute approximate surface area is 139 Å². The SMILES string of the molecule is COCc1nsc(NC(C)c2ccc(NC(=O)C3CC3)cc2)n1. The van der Waals surface area contributed by atoms with E-state index in [0.29, 0.717) is 12.4 Å². The molecule has 0 aliphatic heterocycles. The highest BCUT2D eigenvalue weighted by molar-refractivity contribution is 7.09. The first-order chi connectivity index (χ1) is 11.2. The van der Waals surface area contributed by atoms with E-state index < -0.39 is 0 Å². The second-order valence-corrected chi connectivity index (χ2v) is 6.45. The standard InChI is InChI=1S/C16H20N4O2S/c1-10(17-16-19-14(9-22-2)20-23-16)11-5-7-13(8-6-11)18-15(21)12-3-4-12/h5-8,10,12H,3-4,9H2,1-2H3,(H,18,21)(H,17,19,20). The number of aromatic nitrogens is 2. The molecule has 0 radical (unpaired) electrons. The zero-order valence-corrected chi connectivity index (χ0v) is 14.0. The molecule has 1 aliphatic carbocycles. The van der Waals surface area contributed by atoms with Gasteiger partial charge in [0.15, 0.2) is 5.82 Å². The molecule has 122 valence electrons. The van der Waals surface area contributed by atoms with E-state index in [2.05, 4.69) is 26.9 Å². The van der Waals surface area contributed by atoms with Crippen LogP contribution in [-0.4, -0.2) is 22.4 Å². The minimum absolute atomic E-state index is 0.103. The Morgan fingerprint density at radius 2 is 2.13 bits per heavy atom. The van der Waals surface area contributed by atoms with E-state index in [1.54, 1.807) is 7.11 Å². The molecule has 1 fully saturated rings. The van der Waals surface area contributed by atoms with Crippen molar-refractivity contribution in [3.05, 3.63) is 35.7 Å². The van der Waals surface area contributed by atoms with Crippen LogP contribution >= 0.6 is 11.5 Å². The van der Waals surface area contributed by atoms with Gasteiger partial charge in [-0.25, -0.2) is 4.98 Å². The van der Waals surface area contributed by atoms with E-state index in [4.69, 9.17) is 4.74 Å². The van der Waals surface area contributed by atoms with Crippen LogP contribution in [0.25, 0.3) is 0 Å². The number of amides is 1. The number of nitrogens with one attached hydrogen (secondary N) is 2. The van der Waals surface area contributed by atoms with Gasteiger partial charge in [0.05, 0.1) is 6.04 Å². The number of carbonyl (C=O) groups is 1. The molecule has 7 heteroatoms. The number of anilines is 2. The normalized spacial score (nSPS) is 15.2. The van der Waals surface area contributed by atoms with Crippen LogP contribution < -0.4 is 10.6 Å². The van der Waals surface area contributed by atoms with Gasteiger partial charge in [-0.2, -0.15) is 4.37 Å². The fourth-order valence-electron chi connectivity index (χ4n) is 2.21. The summed E-state index contributed by atoms with van der Waals surface area (Å²) in [4.78, 5) is 16.1. The number of rotatable bonds is 7. The molecular weight excluding hydrogens is 312 g/mol. The van der Waals surface area contributed by atoms with Crippen molar-refractivity contribution in [2.24, 2.45) is 5.92 Å². The highest BCUT2D eigenvalue weighted by Gasteiger charge is 2.29. The zero-order chi connectivity index (χ0) is 16.2. The summed E-state index contributed by atoms with van der Waals surface area (Å²) in [6, 6.07) is 8.00. The van der Waals surface area contributed by atoms with Crippen LogP contribution in [0, 0.1) is 5.92 Å². The van der Waals surface area contributed by atoms with Crippen molar-refractivity contribution in [2.45, 2.75) is 32.4 Å². The maximum absolute atomic E-state index is 11.7. The monoisotopic (exact) mass is 332 g/mol. The summed E-state index contributed by atoms with van der Waals surface area (Å²) in [6.45, 7) is 2.48. The van der Waals surface area contributed by atoms with Crippen LogP contribution in [0.15, 0.2) is 24.3 Å². The first kappa shape index (κ1) is 15.9. The van der Waals surface area contributed by atoms with E-state index in [-0.39, 0.29) is 17.9 Å². The molecule has 1 aromatic heterocycles. The maximum Gasteiger partial charge on any atom is 0.227 e. The molecule has 1 unspecified atom stereocenters. The van der Waals surface area contributed by atoms with Crippen LogP contribution in [0.4, 0.5) is 10.8 Å². The predicted octanol–water partition coefficient (Wildman–Crippen LogP) is 3.21. The molecule has 1 saturated carbocycles. The lowest BCUT2D eigenvalue weighted by Crippen LogP contribution is -2.13. The minimum atomic E-state index is 0.103. The Morgan fingerprint density at radius 1 is 1.39 bits per heavy atom. The van der Waals surface area contributed by atoms with Gasteiger partial charge in [-0.15, -0.1) is 0 Å². The van der Waals surface area contributed by atoms with Crippen molar-refractivity contribution >= 4 is 28.3 Å². The number of benzene rings is 1. The average molecular weight is 332 g/mol. The Morgan fingerprint density at radius 3 is 2.78 bits per heavy atom. The van der Waals surface area contributed by atoms with Gasteiger partial charge in [0, 0.05) is 30.2 Å². The molecule has 3 rings (SSSR count). The number of nitrogens with zero attached hydrogens (tertiary/aromatic N) is 2. The lowest BCUT2D eigenvalue weighted by atomic mass is 10.1. The molecule has 0 spiro atoms. The highest BCUT2D eigenvalue weighted by Crippen LogP contribution is 2.30. The van der Waals surface area contributed by atoms with Crippen molar-refractivity contribution in [3.63, 3.8) is 0 Å².